The van der Waals surface area contributed by atoms with Gasteiger partial charge in [-0.2, -0.15) is 0 Å². The van der Waals surface area contributed by atoms with E-state index in [-0.39, 0.29) is 17.9 Å². The highest BCUT2D eigenvalue weighted by molar-refractivity contribution is 7.85. The number of hydrogen-bond donors (Lipinski definition) is 1. The van der Waals surface area contributed by atoms with E-state index in [0.29, 0.717) is 0 Å². The number of carboxylic acid groups (broad SMARTS) is 1. The molecule has 0 amide bonds. The van der Waals surface area contributed by atoms with E-state index in [1.54, 1.807) is 12.5 Å². The smallest absolute Gasteiger partial charge is 0.307 e. The Morgan fingerprint density at radius 2 is 2.00 bits per heavy atom. The first-order valence-electron chi connectivity index (χ1n) is 11.2. The number of carbonyl (C=O) groups is 1. The molecule has 5 nitrogen and oxygen atoms in total. The lowest BCUT2D eigenvalue weighted by Crippen LogP contribution is -2.33. The van der Waals surface area contributed by atoms with E-state index >= 15 is 0 Å². The fourth-order valence-corrected chi connectivity index (χ4v) is 6.46. The summed E-state index contributed by atoms with van der Waals surface area (Å²) in [5, 5.41) is 9.77. The highest BCUT2D eigenvalue weighted by atomic mass is 32.2. The van der Waals surface area contributed by atoms with Crippen molar-refractivity contribution in [2.45, 2.75) is 66.3 Å². The number of allylic oxidation sites excluding steroid dienone is 2. The summed E-state index contributed by atoms with van der Waals surface area (Å²) in [6, 6.07) is 1.91. The molecule has 32 heavy (non-hydrogen) atoms. The molecule has 2 aromatic rings. The number of fused-ring (bicyclic) bond motifs is 3. The second-order valence-electron chi connectivity index (χ2n) is 9.88. The summed E-state index contributed by atoms with van der Waals surface area (Å²) in [6.45, 7) is 10.7. The van der Waals surface area contributed by atoms with Gasteiger partial charge in [0.05, 0.1) is 18.2 Å². The number of pyridine rings is 1. The monoisotopic (exact) mass is 452 g/mol. The number of rotatable bonds is 4. The van der Waals surface area contributed by atoms with Crippen LogP contribution in [0.25, 0.3) is 16.7 Å². The van der Waals surface area contributed by atoms with E-state index in [4.69, 9.17) is 0 Å². The van der Waals surface area contributed by atoms with Crippen molar-refractivity contribution in [1.82, 2.24) is 4.98 Å². The summed E-state index contributed by atoms with van der Waals surface area (Å²) in [4.78, 5) is 16.3. The number of carboxylic acids is 1. The molecular weight excluding hydrogens is 420 g/mol. The van der Waals surface area contributed by atoms with Gasteiger partial charge in [0, 0.05) is 29.8 Å². The normalized spacial score (nSPS) is 20.2. The number of aliphatic carboxylic acids is 1. The summed E-state index contributed by atoms with van der Waals surface area (Å²) in [6.07, 6.45) is 10.6. The number of nitrogens with zero attached hydrogens (tertiary/aromatic N) is 2. The maximum atomic E-state index is 12.9. The van der Waals surface area contributed by atoms with Crippen molar-refractivity contribution < 1.29 is 14.1 Å². The Balaban J connectivity index is 2.09. The van der Waals surface area contributed by atoms with Gasteiger partial charge in [-0.05, 0) is 84.9 Å². The lowest BCUT2D eigenvalue weighted by atomic mass is 9.73. The molecule has 1 aromatic carbocycles. The molecule has 0 bridgehead atoms. The van der Waals surface area contributed by atoms with Crippen LogP contribution in [0.5, 0.6) is 0 Å². The molecule has 0 fully saturated rings. The quantitative estimate of drug-likeness (QED) is 0.640. The van der Waals surface area contributed by atoms with Crippen molar-refractivity contribution in [3.8, 4) is 11.1 Å². The van der Waals surface area contributed by atoms with E-state index in [2.05, 4.69) is 38.8 Å². The van der Waals surface area contributed by atoms with Crippen LogP contribution in [0.1, 0.15) is 73.9 Å². The average molecular weight is 453 g/mol. The Bertz CT molecular complexity index is 1170. The van der Waals surface area contributed by atoms with E-state index in [1.807, 2.05) is 23.5 Å². The van der Waals surface area contributed by atoms with Gasteiger partial charge in [0.15, 0.2) is 0 Å². The zero-order valence-corrected chi connectivity index (χ0v) is 20.6. The van der Waals surface area contributed by atoms with Gasteiger partial charge in [-0.1, -0.05) is 19.9 Å². The molecule has 1 unspecified atom stereocenters. The summed E-state index contributed by atoms with van der Waals surface area (Å²) in [5.41, 5.74) is 9.43. The molecule has 4 rings (SSSR count). The van der Waals surface area contributed by atoms with Gasteiger partial charge in [0.1, 0.15) is 11.0 Å². The van der Waals surface area contributed by atoms with Gasteiger partial charge in [-0.25, -0.2) is 4.21 Å². The van der Waals surface area contributed by atoms with Gasteiger partial charge in [0.25, 0.3) is 0 Å². The molecule has 0 spiro atoms. The molecule has 0 saturated carbocycles. The minimum atomic E-state index is -1.26. The number of aromatic nitrogens is 1. The number of benzene rings is 1. The Hall–Kier alpha value is -2.47. The van der Waals surface area contributed by atoms with Crippen molar-refractivity contribution in [1.29, 1.82) is 0 Å². The molecule has 2 heterocycles. The standard InChI is InChI=1S/C26H32N2O3S/c1-15-20(13-22(29)30)23(18-7-10-26(4,5)11-8-18)16(2)24-21-14-27-12-9-19(21)17(3)28(25(15)24)32(6)31/h7,9,12,14,17H,8,10-11,13H2,1-6H3,(H,29,30)/t17-,32?/m1/s1. The lowest BCUT2D eigenvalue weighted by molar-refractivity contribution is -0.136. The van der Waals surface area contributed by atoms with Crippen LogP contribution in [0, 0.1) is 19.3 Å². The Morgan fingerprint density at radius 3 is 2.59 bits per heavy atom. The molecule has 1 aliphatic carbocycles. The zero-order chi connectivity index (χ0) is 23.4. The predicted octanol–water partition coefficient (Wildman–Crippen LogP) is 5.76. The van der Waals surface area contributed by atoms with E-state index in [0.717, 1.165) is 63.9 Å². The lowest BCUT2D eigenvalue weighted by Gasteiger charge is -2.40. The second-order valence-corrected chi connectivity index (χ2v) is 11.1. The molecule has 1 N–H and O–H groups in total. The van der Waals surface area contributed by atoms with E-state index in [9.17, 15) is 14.1 Å². The minimum absolute atomic E-state index is 0.0471. The van der Waals surface area contributed by atoms with Crippen molar-refractivity contribution in [3.05, 3.63) is 52.4 Å². The first-order valence-corrected chi connectivity index (χ1v) is 12.7. The fourth-order valence-electron chi connectivity index (χ4n) is 5.41. The Morgan fingerprint density at radius 1 is 1.28 bits per heavy atom. The van der Waals surface area contributed by atoms with Gasteiger partial charge in [-0.3, -0.25) is 14.1 Å². The van der Waals surface area contributed by atoms with Crippen LogP contribution < -0.4 is 4.31 Å². The maximum Gasteiger partial charge on any atom is 0.307 e. The molecule has 2 atom stereocenters. The summed E-state index contributed by atoms with van der Waals surface area (Å²) < 4.78 is 14.9. The third kappa shape index (κ3) is 3.68. The third-order valence-corrected chi connectivity index (χ3v) is 8.19. The SMILES string of the molecule is Cc1c(C2=CCC(C)(C)CC2)c(CC(=O)O)c(C)c2c1-c1cnccc1[C@@H](C)N2S(C)=O. The molecule has 1 aromatic heterocycles. The van der Waals surface area contributed by atoms with E-state index < -0.39 is 17.0 Å². The zero-order valence-electron chi connectivity index (χ0n) is 19.8. The maximum absolute atomic E-state index is 12.9. The van der Waals surface area contributed by atoms with Crippen molar-refractivity contribution in [2.75, 3.05) is 10.6 Å². The van der Waals surface area contributed by atoms with Crippen LogP contribution in [0.3, 0.4) is 0 Å². The number of anilines is 1. The highest BCUT2D eigenvalue weighted by Crippen LogP contribution is 2.52. The van der Waals surface area contributed by atoms with Crippen molar-refractivity contribution in [2.24, 2.45) is 5.41 Å². The van der Waals surface area contributed by atoms with Crippen LogP contribution in [-0.2, 0) is 22.2 Å². The van der Waals surface area contributed by atoms with Gasteiger partial charge < -0.3 is 5.11 Å². The van der Waals surface area contributed by atoms with Crippen LogP contribution in [0.4, 0.5) is 5.69 Å². The molecule has 0 radical (unpaired) electrons. The minimum Gasteiger partial charge on any atom is -0.481 e. The van der Waals surface area contributed by atoms with Crippen LogP contribution in [0.15, 0.2) is 24.5 Å². The molecule has 6 heteroatoms. The van der Waals surface area contributed by atoms with Gasteiger partial charge >= 0.3 is 5.97 Å². The van der Waals surface area contributed by atoms with E-state index in [1.165, 1.54) is 5.57 Å². The van der Waals surface area contributed by atoms with Crippen LogP contribution in [-0.4, -0.2) is 26.5 Å². The largest absolute Gasteiger partial charge is 0.481 e. The average Bonchev–Trinajstić information content (AvgIpc) is 2.72. The second kappa shape index (κ2) is 8.14. The Labute approximate surface area is 193 Å². The van der Waals surface area contributed by atoms with Crippen molar-refractivity contribution >= 4 is 28.2 Å². The van der Waals surface area contributed by atoms with Crippen LogP contribution in [0.2, 0.25) is 0 Å². The molecule has 2 aliphatic rings. The molecular formula is C26H32N2O3S. The Kier molecular flexibility index (Phi) is 5.78. The fraction of sp³-hybridized carbons (Fsp3) is 0.462. The van der Waals surface area contributed by atoms with Gasteiger partial charge in [-0.15, -0.1) is 0 Å². The van der Waals surface area contributed by atoms with Gasteiger partial charge in [0.2, 0.25) is 0 Å². The third-order valence-electron chi connectivity index (χ3n) is 7.14. The first-order chi connectivity index (χ1) is 15.0. The van der Waals surface area contributed by atoms with Crippen LogP contribution >= 0.6 is 0 Å². The first kappa shape index (κ1) is 22.7. The predicted molar refractivity (Wildman–Crippen MR) is 131 cm³/mol. The molecule has 170 valence electrons. The topological polar surface area (TPSA) is 70.5 Å². The highest BCUT2D eigenvalue weighted by Gasteiger charge is 2.36. The molecule has 0 saturated heterocycles. The summed E-state index contributed by atoms with van der Waals surface area (Å²) in [5.74, 6) is -0.847. The number of hydrogen-bond acceptors (Lipinski definition) is 3. The summed E-state index contributed by atoms with van der Waals surface area (Å²) >= 11 is 0. The van der Waals surface area contributed by atoms with Crippen molar-refractivity contribution in [3.63, 3.8) is 0 Å². The summed E-state index contributed by atoms with van der Waals surface area (Å²) in [7, 11) is -1.26. The molecule has 1 aliphatic heterocycles.